The Morgan fingerprint density at radius 2 is 1.74 bits per heavy atom. The molecule has 0 atom stereocenters. The highest BCUT2D eigenvalue weighted by Gasteiger charge is 2.28. The van der Waals surface area contributed by atoms with Crippen LogP contribution in [-0.2, 0) is 22.6 Å². The first kappa shape index (κ1) is 21.8. The van der Waals surface area contributed by atoms with Gasteiger partial charge in [-0.3, -0.25) is 20.2 Å². The largest absolute Gasteiger partial charge is 0.490 e. The molecule has 0 radical (unpaired) electrons. The Morgan fingerprint density at radius 3 is 2.39 bits per heavy atom. The standard InChI is InChI=1S/C23H21FN2O5/c1-3-7-15-10-14(11-17-21(27)25-23(29)26-22(17)28)12-19(30-4-2)20(15)31-13-16-8-5-6-9-18(16)24/h3,5-6,8-12H,1,4,7,13H2,2H3,(H2,25,26,27,28,29). The summed E-state index contributed by atoms with van der Waals surface area (Å²) in [4.78, 5) is 35.3. The second-order valence-corrected chi connectivity index (χ2v) is 6.61. The van der Waals surface area contributed by atoms with Crippen molar-refractivity contribution in [3.63, 3.8) is 0 Å². The maximum atomic E-state index is 14.0. The molecule has 0 unspecified atom stereocenters. The zero-order chi connectivity index (χ0) is 22.4. The Labute approximate surface area is 178 Å². The zero-order valence-electron chi connectivity index (χ0n) is 16.9. The number of amides is 4. The molecule has 160 valence electrons. The molecule has 8 heteroatoms. The van der Waals surface area contributed by atoms with Crippen molar-refractivity contribution in [1.29, 1.82) is 0 Å². The number of hydrogen-bond donors (Lipinski definition) is 2. The van der Waals surface area contributed by atoms with Gasteiger partial charge in [0, 0.05) is 11.1 Å². The first-order valence-electron chi connectivity index (χ1n) is 9.58. The van der Waals surface area contributed by atoms with Crippen LogP contribution in [0.4, 0.5) is 9.18 Å². The number of hydrogen-bond acceptors (Lipinski definition) is 5. The number of barbiturate groups is 1. The average Bonchev–Trinajstić information content (AvgIpc) is 2.71. The lowest BCUT2D eigenvalue weighted by Crippen LogP contribution is -2.51. The summed E-state index contributed by atoms with van der Waals surface area (Å²) in [7, 11) is 0. The fourth-order valence-electron chi connectivity index (χ4n) is 3.04. The van der Waals surface area contributed by atoms with Gasteiger partial charge in [-0.15, -0.1) is 6.58 Å². The van der Waals surface area contributed by atoms with Crippen molar-refractivity contribution in [2.24, 2.45) is 0 Å². The third kappa shape index (κ3) is 5.16. The predicted molar refractivity (Wildman–Crippen MR) is 112 cm³/mol. The molecule has 3 rings (SSSR count). The molecule has 1 aliphatic rings. The number of carbonyl (C=O) groups excluding carboxylic acids is 3. The van der Waals surface area contributed by atoms with E-state index in [0.717, 1.165) is 0 Å². The van der Waals surface area contributed by atoms with E-state index in [1.807, 2.05) is 10.6 Å². The molecule has 1 heterocycles. The number of benzene rings is 2. The minimum atomic E-state index is -0.869. The van der Waals surface area contributed by atoms with E-state index in [4.69, 9.17) is 9.47 Å². The highest BCUT2D eigenvalue weighted by molar-refractivity contribution is 6.31. The van der Waals surface area contributed by atoms with Gasteiger partial charge in [0.05, 0.1) is 6.61 Å². The van der Waals surface area contributed by atoms with Crippen LogP contribution in [0.25, 0.3) is 6.08 Å². The average molecular weight is 424 g/mol. The Bertz CT molecular complexity index is 1060. The van der Waals surface area contributed by atoms with E-state index in [-0.39, 0.29) is 18.0 Å². The molecule has 31 heavy (non-hydrogen) atoms. The van der Waals surface area contributed by atoms with Crippen molar-refractivity contribution >= 4 is 23.9 Å². The summed E-state index contributed by atoms with van der Waals surface area (Å²) in [5.41, 5.74) is 1.34. The Hall–Kier alpha value is -3.94. The van der Waals surface area contributed by atoms with Gasteiger partial charge in [0.2, 0.25) is 0 Å². The number of ether oxygens (including phenoxy) is 2. The molecule has 4 amide bonds. The molecule has 2 aromatic carbocycles. The van der Waals surface area contributed by atoms with Gasteiger partial charge in [-0.05, 0) is 43.2 Å². The number of rotatable bonds is 8. The SMILES string of the molecule is C=CCc1cc(C=C2C(=O)NC(=O)NC2=O)cc(OCC)c1OCc1ccccc1F. The van der Waals surface area contributed by atoms with Gasteiger partial charge in [0.1, 0.15) is 18.0 Å². The van der Waals surface area contributed by atoms with Crippen molar-refractivity contribution in [2.75, 3.05) is 6.61 Å². The maximum Gasteiger partial charge on any atom is 0.328 e. The molecule has 0 bridgehead atoms. The Kier molecular flexibility index (Phi) is 6.81. The van der Waals surface area contributed by atoms with Crippen molar-refractivity contribution < 1.29 is 28.2 Å². The van der Waals surface area contributed by atoms with Crippen LogP contribution in [-0.4, -0.2) is 24.5 Å². The van der Waals surface area contributed by atoms with E-state index in [2.05, 4.69) is 6.58 Å². The summed E-state index contributed by atoms with van der Waals surface area (Å²) >= 11 is 0. The quantitative estimate of drug-likeness (QED) is 0.385. The first-order chi connectivity index (χ1) is 14.9. The van der Waals surface area contributed by atoms with Crippen molar-refractivity contribution in [1.82, 2.24) is 10.6 Å². The van der Waals surface area contributed by atoms with Crippen LogP contribution in [0.3, 0.4) is 0 Å². The fourth-order valence-corrected chi connectivity index (χ4v) is 3.04. The van der Waals surface area contributed by atoms with Gasteiger partial charge in [0.25, 0.3) is 11.8 Å². The summed E-state index contributed by atoms with van der Waals surface area (Å²) in [5, 5.41) is 4.06. The van der Waals surface area contributed by atoms with Crippen molar-refractivity contribution in [3.05, 3.63) is 77.1 Å². The van der Waals surface area contributed by atoms with Gasteiger partial charge < -0.3 is 9.47 Å². The number of imide groups is 2. The lowest BCUT2D eigenvalue weighted by atomic mass is 10.0. The van der Waals surface area contributed by atoms with Crippen LogP contribution in [0, 0.1) is 5.82 Å². The second kappa shape index (κ2) is 9.71. The summed E-state index contributed by atoms with van der Waals surface area (Å²) < 4.78 is 25.6. The lowest BCUT2D eigenvalue weighted by Gasteiger charge is -2.18. The van der Waals surface area contributed by atoms with E-state index in [1.165, 1.54) is 12.1 Å². The van der Waals surface area contributed by atoms with Gasteiger partial charge >= 0.3 is 6.03 Å². The fraction of sp³-hybridized carbons (Fsp3) is 0.174. The smallest absolute Gasteiger partial charge is 0.328 e. The molecule has 1 fully saturated rings. The number of allylic oxidation sites excluding steroid dienone is 1. The molecule has 0 saturated carbocycles. The Balaban J connectivity index is 1.99. The van der Waals surface area contributed by atoms with Gasteiger partial charge in [-0.2, -0.15) is 0 Å². The first-order valence-corrected chi connectivity index (χ1v) is 9.58. The van der Waals surface area contributed by atoms with Gasteiger partial charge in [-0.25, -0.2) is 9.18 Å². The molecule has 2 N–H and O–H groups in total. The molecule has 1 saturated heterocycles. The lowest BCUT2D eigenvalue weighted by molar-refractivity contribution is -0.123. The third-order valence-electron chi connectivity index (χ3n) is 4.40. The summed E-state index contributed by atoms with van der Waals surface area (Å²) in [6, 6.07) is 8.75. The highest BCUT2D eigenvalue weighted by Crippen LogP contribution is 2.35. The van der Waals surface area contributed by atoms with Crippen molar-refractivity contribution in [2.45, 2.75) is 20.0 Å². The van der Waals surface area contributed by atoms with Crippen LogP contribution in [0.1, 0.15) is 23.6 Å². The van der Waals surface area contributed by atoms with E-state index in [0.29, 0.717) is 41.2 Å². The molecule has 0 aliphatic carbocycles. The third-order valence-corrected chi connectivity index (χ3v) is 4.40. The summed E-state index contributed by atoms with van der Waals surface area (Å²) in [5.74, 6) is -1.18. The van der Waals surface area contributed by atoms with Crippen LogP contribution in [0.15, 0.2) is 54.6 Å². The molecular weight excluding hydrogens is 403 g/mol. The maximum absolute atomic E-state index is 14.0. The number of nitrogens with one attached hydrogen (secondary N) is 2. The minimum absolute atomic E-state index is 0.00967. The van der Waals surface area contributed by atoms with E-state index < -0.39 is 17.8 Å². The van der Waals surface area contributed by atoms with E-state index in [1.54, 1.807) is 43.3 Å². The normalized spacial score (nSPS) is 13.4. The molecule has 0 spiro atoms. The predicted octanol–water partition coefficient (Wildman–Crippen LogP) is 3.28. The highest BCUT2D eigenvalue weighted by atomic mass is 19.1. The van der Waals surface area contributed by atoms with Crippen LogP contribution >= 0.6 is 0 Å². The zero-order valence-corrected chi connectivity index (χ0v) is 16.9. The number of carbonyl (C=O) groups is 3. The van der Waals surface area contributed by atoms with Gasteiger partial charge in [0.15, 0.2) is 11.5 Å². The molecular formula is C23H21FN2O5. The van der Waals surface area contributed by atoms with Crippen molar-refractivity contribution in [3.8, 4) is 11.5 Å². The molecule has 7 nitrogen and oxygen atoms in total. The summed E-state index contributed by atoms with van der Waals surface area (Å²) in [6.07, 6.45) is 3.42. The summed E-state index contributed by atoms with van der Waals surface area (Å²) in [6.45, 7) is 5.87. The molecule has 0 aromatic heterocycles. The van der Waals surface area contributed by atoms with Gasteiger partial charge in [-0.1, -0.05) is 24.3 Å². The topological polar surface area (TPSA) is 93.7 Å². The second-order valence-electron chi connectivity index (χ2n) is 6.61. The monoisotopic (exact) mass is 424 g/mol. The van der Waals surface area contributed by atoms with E-state index in [9.17, 15) is 18.8 Å². The molecule has 2 aromatic rings. The molecule has 1 aliphatic heterocycles. The van der Waals surface area contributed by atoms with Crippen LogP contribution in [0.2, 0.25) is 0 Å². The van der Waals surface area contributed by atoms with Crippen LogP contribution < -0.4 is 20.1 Å². The number of urea groups is 1. The van der Waals surface area contributed by atoms with E-state index >= 15 is 0 Å². The minimum Gasteiger partial charge on any atom is -0.490 e. The Morgan fingerprint density at radius 1 is 1.03 bits per heavy atom. The van der Waals surface area contributed by atoms with Crippen LogP contribution in [0.5, 0.6) is 11.5 Å². The number of halogens is 1.